The van der Waals surface area contributed by atoms with E-state index >= 15 is 0 Å². The molecule has 7 nitrogen and oxygen atoms in total. The van der Waals surface area contributed by atoms with Crippen molar-refractivity contribution >= 4 is 60.7 Å². The molecule has 3 aromatic heterocycles. The number of hydrogen-bond acceptors (Lipinski definition) is 7. The van der Waals surface area contributed by atoms with Gasteiger partial charge in [-0.25, -0.2) is 9.78 Å². The fourth-order valence-electron chi connectivity index (χ4n) is 3.15. The van der Waals surface area contributed by atoms with Gasteiger partial charge in [-0.1, -0.05) is 24.3 Å². The minimum absolute atomic E-state index is 0.0322. The molecule has 0 saturated carbocycles. The highest BCUT2D eigenvalue weighted by Gasteiger charge is 2.25. The van der Waals surface area contributed by atoms with Crippen molar-refractivity contribution in [2.24, 2.45) is 0 Å². The molecule has 5 rings (SSSR count). The number of aromatic hydroxyl groups is 1. The number of phenolic OH excluding ortho intramolecular Hbond substituents is 1. The van der Waals surface area contributed by atoms with Crippen LogP contribution in [0, 0.1) is 0 Å². The summed E-state index contributed by atoms with van der Waals surface area (Å²) in [5.41, 5.74) is 1.23. The van der Waals surface area contributed by atoms with Crippen LogP contribution in [0.15, 0.2) is 58.3 Å². The van der Waals surface area contributed by atoms with E-state index in [1.165, 1.54) is 17.4 Å². The zero-order valence-corrected chi connectivity index (χ0v) is 16.7. The molecule has 5 aromatic rings. The van der Waals surface area contributed by atoms with Crippen LogP contribution in [-0.2, 0) is 0 Å². The second-order valence-electron chi connectivity index (χ2n) is 6.41. The number of para-hydroxylation sites is 2. The van der Waals surface area contributed by atoms with Crippen molar-refractivity contribution in [2.45, 2.75) is 0 Å². The number of carbonyl (C=O) groups excluding carboxylic acids is 1. The van der Waals surface area contributed by atoms with Gasteiger partial charge in [0.25, 0.3) is 5.91 Å². The summed E-state index contributed by atoms with van der Waals surface area (Å²) in [4.78, 5) is 29.0. The van der Waals surface area contributed by atoms with E-state index in [0.29, 0.717) is 22.2 Å². The largest absolute Gasteiger partial charge is 0.504 e. The molecular formula is C21H12N2O5S2. The number of thiophene rings is 1. The zero-order valence-electron chi connectivity index (χ0n) is 15.1. The molecule has 0 aliphatic heterocycles. The van der Waals surface area contributed by atoms with Crippen LogP contribution in [0.5, 0.6) is 5.75 Å². The van der Waals surface area contributed by atoms with E-state index in [4.69, 9.17) is 4.42 Å². The van der Waals surface area contributed by atoms with Crippen LogP contribution in [-0.4, -0.2) is 27.1 Å². The van der Waals surface area contributed by atoms with E-state index in [2.05, 4.69) is 10.3 Å². The van der Waals surface area contributed by atoms with Gasteiger partial charge in [-0.05, 0) is 24.3 Å². The lowest BCUT2D eigenvalue weighted by Crippen LogP contribution is -2.13. The number of carbonyl (C=O) groups is 2. The molecule has 0 atom stereocenters. The van der Waals surface area contributed by atoms with Crippen molar-refractivity contribution in [1.29, 1.82) is 0 Å². The Morgan fingerprint density at radius 1 is 1.10 bits per heavy atom. The number of nitrogens with one attached hydrogen (secondary N) is 1. The van der Waals surface area contributed by atoms with Crippen molar-refractivity contribution in [3.8, 4) is 17.1 Å². The lowest BCUT2D eigenvalue weighted by molar-refractivity contribution is 0.0699. The maximum absolute atomic E-state index is 12.7. The van der Waals surface area contributed by atoms with Crippen LogP contribution in [0.4, 0.5) is 5.00 Å². The van der Waals surface area contributed by atoms with E-state index < -0.39 is 11.9 Å². The molecule has 0 unspecified atom stereocenters. The molecule has 9 heteroatoms. The molecule has 0 spiro atoms. The van der Waals surface area contributed by atoms with Gasteiger partial charge in [0.1, 0.15) is 16.3 Å². The standard InChI is InChI=1S/C21H12N2O5S2/c24-13-6-3-4-10-8-14(28-17(10)13)11-9-29-19(16(11)21(26)27)23-18(25)20-22-12-5-1-2-7-15(12)30-20/h1-9,24H,(H,23,25)(H,26,27). The summed E-state index contributed by atoms with van der Waals surface area (Å²) >= 11 is 2.32. The van der Waals surface area contributed by atoms with Crippen LogP contribution in [0.1, 0.15) is 20.2 Å². The molecule has 2 aromatic carbocycles. The molecule has 30 heavy (non-hydrogen) atoms. The Balaban J connectivity index is 1.53. The van der Waals surface area contributed by atoms with Crippen molar-refractivity contribution < 1.29 is 24.2 Å². The number of fused-ring (bicyclic) bond motifs is 2. The van der Waals surface area contributed by atoms with Crippen LogP contribution in [0.3, 0.4) is 0 Å². The summed E-state index contributed by atoms with van der Waals surface area (Å²) < 4.78 is 6.56. The third-order valence-electron chi connectivity index (χ3n) is 4.51. The summed E-state index contributed by atoms with van der Waals surface area (Å²) in [6.45, 7) is 0. The van der Waals surface area contributed by atoms with E-state index in [0.717, 1.165) is 16.0 Å². The van der Waals surface area contributed by atoms with E-state index in [-0.39, 0.29) is 26.9 Å². The van der Waals surface area contributed by atoms with Gasteiger partial charge in [-0.2, -0.15) is 0 Å². The molecule has 0 saturated heterocycles. The predicted molar refractivity (Wildman–Crippen MR) is 116 cm³/mol. The monoisotopic (exact) mass is 436 g/mol. The number of benzene rings is 2. The van der Waals surface area contributed by atoms with Gasteiger partial charge in [0, 0.05) is 16.3 Å². The van der Waals surface area contributed by atoms with Crippen LogP contribution < -0.4 is 5.32 Å². The average Bonchev–Trinajstić information content (AvgIpc) is 3.44. The fourth-order valence-corrected chi connectivity index (χ4v) is 4.95. The lowest BCUT2D eigenvalue weighted by atomic mass is 10.1. The summed E-state index contributed by atoms with van der Waals surface area (Å²) in [7, 11) is 0. The normalized spacial score (nSPS) is 11.2. The Labute approximate surface area is 176 Å². The minimum atomic E-state index is -1.20. The molecule has 0 fully saturated rings. The Morgan fingerprint density at radius 2 is 1.93 bits per heavy atom. The Kier molecular flexibility index (Phi) is 4.27. The number of carboxylic acid groups (broad SMARTS) is 1. The number of anilines is 1. The minimum Gasteiger partial charge on any atom is -0.504 e. The van der Waals surface area contributed by atoms with E-state index in [9.17, 15) is 19.8 Å². The predicted octanol–water partition coefficient (Wildman–Crippen LogP) is 5.43. The quantitative estimate of drug-likeness (QED) is 0.346. The smallest absolute Gasteiger partial charge is 0.339 e. The maximum atomic E-state index is 12.7. The van der Waals surface area contributed by atoms with Crippen molar-refractivity contribution in [3.05, 3.63) is 64.5 Å². The van der Waals surface area contributed by atoms with E-state index in [1.54, 1.807) is 23.6 Å². The van der Waals surface area contributed by atoms with Gasteiger partial charge < -0.3 is 19.9 Å². The van der Waals surface area contributed by atoms with Gasteiger partial charge in [0.2, 0.25) is 0 Å². The molecule has 3 N–H and O–H groups in total. The molecule has 0 aliphatic carbocycles. The van der Waals surface area contributed by atoms with Crippen LogP contribution >= 0.6 is 22.7 Å². The Hall–Kier alpha value is -3.69. The van der Waals surface area contributed by atoms with Gasteiger partial charge in [0.15, 0.2) is 16.3 Å². The number of thiazole rings is 1. The number of aromatic nitrogens is 1. The summed E-state index contributed by atoms with van der Waals surface area (Å²) in [6, 6.07) is 14.0. The van der Waals surface area contributed by atoms with Gasteiger partial charge in [-0.3, -0.25) is 4.79 Å². The highest BCUT2D eigenvalue weighted by Crippen LogP contribution is 2.40. The van der Waals surface area contributed by atoms with Crippen molar-refractivity contribution in [1.82, 2.24) is 4.98 Å². The number of carboxylic acids is 1. The van der Waals surface area contributed by atoms with Crippen LogP contribution in [0.25, 0.3) is 32.5 Å². The zero-order chi connectivity index (χ0) is 20.8. The van der Waals surface area contributed by atoms with Gasteiger partial charge >= 0.3 is 5.97 Å². The molecule has 148 valence electrons. The first-order chi connectivity index (χ1) is 14.5. The Morgan fingerprint density at radius 3 is 2.70 bits per heavy atom. The number of hydrogen-bond donors (Lipinski definition) is 3. The average molecular weight is 436 g/mol. The topological polar surface area (TPSA) is 113 Å². The SMILES string of the molecule is O=C(Nc1scc(-c2cc3cccc(O)c3o2)c1C(=O)O)c1nc2ccccc2s1. The number of aromatic carboxylic acids is 1. The molecular weight excluding hydrogens is 424 g/mol. The van der Waals surface area contributed by atoms with Crippen molar-refractivity contribution in [3.63, 3.8) is 0 Å². The fraction of sp³-hybridized carbons (Fsp3) is 0. The van der Waals surface area contributed by atoms with Crippen LogP contribution in [0.2, 0.25) is 0 Å². The summed E-state index contributed by atoms with van der Waals surface area (Å²) in [5, 5.41) is 25.1. The first-order valence-corrected chi connectivity index (χ1v) is 10.4. The molecule has 0 bridgehead atoms. The number of nitrogens with zero attached hydrogens (tertiary/aromatic N) is 1. The number of rotatable bonds is 4. The molecule has 0 aliphatic rings. The van der Waals surface area contributed by atoms with Gasteiger partial charge in [-0.15, -0.1) is 22.7 Å². The first-order valence-electron chi connectivity index (χ1n) is 8.75. The van der Waals surface area contributed by atoms with Crippen molar-refractivity contribution in [2.75, 3.05) is 5.32 Å². The number of furan rings is 1. The highest BCUT2D eigenvalue weighted by atomic mass is 32.1. The maximum Gasteiger partial charge on any atom is 0.339 e. The summed E-state index contributed by atoms with van der Waals surface area (Å²) in [5.74, 6) is -1.42. The summed E-state index contributed by atoms with van der Waals surface area (Å²) in [6.07, 6.45) is 0. The third kappa shape index (κ3) is 3.00. The molecule has 1 amide bonds. The second kappa shape index (κ2) is 6.97. The number of phenols is 1. The third-order valence-corrected chi connectivity index (χ3v) is 6.44. The first kappa shape index (κ1) is 18.3. The van der Waals surface area contributed by atoms with E-state index in [1.807, 2.05) is 24.3 Å². The lowest BCUT2D eigenvalue weighted by Gasteiger charge is -2.03. The molecule has 3 heterocycles. The van der Waals surface area contributed by atoms with Gasteiger partial charge in [0.05, 0.1) is 10.2 Å². The highest BCUT2D eigenvalue weighted by molar-refractivity contribution is 7.20. The molecule has 0 radical (unpaired) electrons. The second-order valence-corrected chi connectivity index (χ2v) is 8.32. The Bertz CT molecular complexity index is 1410. The number of amides is 1.